The summed E-state index contributed by atoms with van der Waals surface area (Å²) >= 11 is 0. The predicted octanol–water partition coefficient (Wildman–Crippen LogP) is 5.57. The van der Waals surface area contributed by atoms with Crippen molar-refractivity contribution in [1.82, 2.24) is 15.0 Å². The van der Waals surface area contributed by atoms with Crippen LogP contribution in [0.4, 0.5) is 14.6 Å². The summed E-state index contributed by atoms with van der Waals surface area (Å²) in [4.78, 5) is 26.1. The number of ether oxygens (including phenoxy) is 1. The number of halogens is 2. The van der Waals surface area contributed by atoms with Gasteiger partial charge < -0.3 is 10.1 Å². The molecule has 0 saturated heterocycles. The van der Waals surface area contributed by atoms with E-state index in [1.54, 1.807) is 30.6 Å². The molecule has 8 heteroatoms. The van der Waals surface area contributed by atoms with Crippen molar-refractivity contribution < 1.29 is 18.3 Å². The number of benzene rings is 2. The number of hydrogen-bond acceptors (Lipinski definition) is 6. The fourth-order valence-electron chi connectivity index (χ4n) is 4.28. The monoisotopic (exact) mass is 460 g/mol. The lowest BCUT2D eigenvalue weighted by Gasteiger charge is -2.23. The van der Waals surface area contributed by atoms with Crippen LogP contribution < -0.4 is 10.1 Å². The molecule has 5 rings (SSSR count). The largest absolute Gasteiger partial charge is 0.494 e. The van der Waals surface area contributed by atoms with Crippen molar-refractivity contribution in [3.63, 3.8) is 0 Å². The van der Waals surface area contributed by atoms with Gasteiger partial charge in [-0.15, -0.1) is 0 Å². The van der Waals surface area contributed by atoms with Crippen molar-refractivity contribution in [2.45, 2.75) is 31.7 Å². The van der Waals surface area contributed by atoms with Gasteiger partial charge in [-0.25, -0.2) is 18.7 Å². The Labute approximate surface area is 195 Å². The number of pyridine rings is 1. The van der Waals surface area contributed by atoms with Crippen molar-refractivity contribution in [2.75, 3.05) is 12.4 Å². The smallest absolute Gasteiger partial charge is 0.163 e. The third-order valence-electron chi connectivity index (χ3n) is 5.97. The number of ketones is 1. The number of nitrogens with zero attached hydrogens (tertiary/aromatic N) is 3. The van der Waals surface area contributed by atoms with Gasteiger partial charge in [-0.05, 0) is 60.4 Å². The van der Waals surface area contributed by atoms with Crippen molar-refractivity contribution in [1.29, 1.82) is 0 Å². The highest BCUT2D eigenvalue weighted by atomic mass is 19.1. The van der Waals surface area contributed by atoms with Crippen LogP contribution in [0.2, 0.25) is 0 Å². The number of rotatable bonds is 5. The Kier molecular flexibility index (Phi) is 5.88. The van der Waals surface area contributed by atoms with E-state index in [1.807, 2.05) is 6.07 Å². The standard InChI is InChI=1S/C26H22F2N4O2/c1-34-23-12-17(16-9-18(27)13-19(28)10-16)11-20-24(23)31-25(15-5-4-8-29-14-15)32-26(20)30-21-6-2-3-7-22(21)33/h4-5,8-14,21H,2-3,6-7H2,1H3,(H,30,31,32). The molecule has 1 atom stereocenters. The van der Waals surface area contributed by atoms with E-state index < -0.39 is 11.6 Å². The van der Waals surface area contributed by atoms with Crippen LogP contribution in [0.25, 0.3) is 33.4 Å². The summed E-state index contributed by atoms with van der Waals surface area (Å²) in [5.41, 5.74) is 2.12. The quantitative estimate of drug-likeness (QED) is 0.420. The molecule has 1 N–H and O–H groups in total. The summed E-state index contributed by atoms with van der Waals surface area (Å²) in [5.74, 6) is 0.0844. The number of methoxy groups -OCH3 is 1. The van der Waals surface area contributed by atoms with Crippen molar-refractivity contribution in [2.24, 2.45) is 0 Å². The first-order valence-electron chi connectivity index (χ1n) is 11.1. The maximum absolute atomic E-state index is 13.9. The third kappa shape index (κ3) is 4.31. The molecule has 0 amide bonds. The lowest BCUT2D eigenvalue weighted by molar-refractivity contribution is -0.121. The zero-order chi connectivity index (χ0) is 23.7. The van der Waals surface area contributed by atoms with Crippen LogP contribution in [0.3, 0.4) is 0 Å². The topological polar surface area (TPSA) is 77.0 Å². The van der Waals surface area contributed by atoms with Gasteiger partial charge in [0.25, 0.3) is 0 Å². The molecule has 0 aliphatic heterocycles. The van der Waals surface area contributed by atoms with E-state index in [1.165, 1.54) is 19.2 Å². The fraction of sp³-hybridized carbons (Fsp3) is 0.231. The Hall–Kier alpha value is -3.94. The summed E-state index contributed by atoms with van der Waals surface area (Å²) < 4.78 is 33.5. The van der Waals surface area contributed by atoms with Crippen LogP contribution in [0, 0.1) is 11.6 Å². The molecular weight excluding hydrogens is 438 g/mol. The zero-order valence-corrected chi connectivity index (χ0v) is 18.5. The van der Waals surface area contributed by atoms with Gasteiger partial charge in [0.1, 0.15) is 28.7 Å². The lowest BCUT2D eigenvalue weighted by Crippen LogP contribution is -2.32. The summed E-state index contributed by atoms with van der Waals surface area (Å²) in [6, 6.07) is 10.1. The van der Waals surface area contributed by atoms with Gasteiger partial charge in [0.2, 0.25) is 0 Å². The third-order valence-corrected chi connectivity index (χ3v) is 5.97. The summed E-state index contributed by atoms with van der Waals surface area (Å²) in [5, 5.41) is 3.90. The molecule has 2 heterocycles. The van der Waals surface area contributed by atoms with E-state index in [0.29, 0.717) is 57.8 Å². The SMILES string of the molecule is COc1cc(-c2cc(F)cc(F)c2)cc2c(NC3CCCCC3=O)nc(-c3cccnc3)nc12. The van der Waals surface area contributed by atoms with Crippen LogP contribution in [-0.2, 0) is 4.79 Å². The Bertz CT molecular complexity index is 1360. The molecule has 4 aromatic rings. The molecule has 2 aromatic carbocycles. The molecule has 0 radical (unpaired) electrons. The molecule has 1 fully saturated rings. The van der Waals surface area contributed by atoms with Gasteiger partial charge in [0.05, 0.1) is 13.2 Å². The molecular formula is C26H22F2N4O2. The minimum atomic E-state index is -0.677. The van der Waals surface area contributed by atoms with Crippen molar-refractivity contribution >= 4 is 22.5 Å². The molecule has 1 aliphatic carbocycles. The van der Waals surface area contributed by atoms with Gasteiger partial charge in [-0.1, -0.05) is 6.42 Å². The number of carbonyl (C=O) groups is 1. The van der Waals surface area contributed by atoms with Gasteiger partial charge in [0.15, 0.2) is 11.6 Å². The van der Waals surface area contributed by atoms with E-state index in [2.05, 4.69) is 10.3 Å². The molecule has 6 nitrogen and oxygen atoms in total. The number of carbonyl (C=O) groups excluding carboxylic acids is 1. The highest BCUT2D eigenvalue weighted by Gasteiger charge is 2.24. The van der Waals surface area contributed by atoms with E-state index in [9.17, 15) is 13.6 Å². The fourth-order valence-corrected chi connectivity index (χ4v) is 4.28. The van der Waals surface area contributed by atoms with Gasteiger partial charge in [0, 0.05) is 35.8 Å². The molecule has 1 aliphatic rings. The van der Waals surface area contributed by atoms with Gasteiger partial charge in [-0.3, -0.25) is 9.78 Å². The van der Waals surface area contributed by atoms with E-state index in [0.717, 1.165) is 18.9 Å². The normalized spacial score (nSPS) is 16.0. The predicted molar refractivity (Wildman–Crippen MR) is 126 cm³/mol. The van der Waals surface area contributed by atoms with E-state index in [4.69, 9.17) is 14.7 Å². The number of hydrogen-bond donors (Lipinski definition) is 1. The molecule has 1 unspecified atom stereocenters. The Balaban J connectivity index is 1.73. The van der Waals surface area contributed by atoms with Gasteiger partial charge in [-0.2, -0.15) is 0 Å². The van der Waals surface area contributed by atoms with Crippen molar-refractivity contribution in [3.05, 3.63) is 66.5 Å². The average molecular weight is 460 g/mol. The summed E-state index contributed by atoms with van der Waals surface area (Å²) in [6.07, 6.45) is 6.37. The molecule has 172 valence electrons. The second-order valence-corrected chi connectivity index (χ2v) is 8.28. The number of aromatic nitrogens is 3. The first-order chi connectivity index (χ1) is 16.5. The summed E-state index contributed by atoms with van der Waals surface area (Å²) in [7, 11) is 1.51. The molecule has 34 heavy (non-hydrogen) atoms. The maximum Gasteiger partial charge on any atom is 0.163 e. The highest BCUT2D eigenvalue weighted by Crippen LogP contribution is 2.37. The maximum atomic E-state index is 13.9. The zero-order valence-electron chi connectivity index (χ0n) is 18.5. The number of Topliss-reactive ketones (excluding diaryl/α,β-unsaturated/α-hetero) is 1. The second kappa shape index (κ2) is 9.13. The number of anilines is 1. The van der Waals surface area contributed by atoms with Crippen LogP contribution in [-0.4, -0.2) is 33.9 Å². The van der Waals surface area contributed by atoms with Gasteiger partial charge >= 0.3 is 0 Å². The Morgan fingerprint density at radius 1 is 1.00 bits per heavy atom. The van der Waals surface area contributed by atoms with Crippen LogP contribution in [0.5, 0.6) is 5.75 Å². The Morgan fingerprint density at radius 3 is 2.50 bits per heavy atom. The number of nitrogens with one attached hydrogen (secondary N) is 1. The molecule has 0 bridgehead atoms. The second-order valence-electron chi connectivity index (χ2n) is 8.28. The van der Waals surface area contributed by atoms with Crippen molar-refractivity contribution in [3.8, 4) is 28.3 Å². The average Bonchev–Trinajstić information content (AvgIpc) is 2.84. The summed E-state index contributed by atoms with van der Waals surface area (Å²) in [6.45, 7) is 0. The molecule has 2 aromatic heterocycles. The minimum absolute atomic E-state index is 0.135. The van der Waals surface area contributed by atoms with Crippen LogP contribution >= 0.6 is 0 Å². The van der Waals surface area contributed by atoms with E-state index >= 15 is 0 Å². The lowest BCUT2D eigenvalue weighted by atomic mass is 9.94. The highest BCUT2D eigenvalue weighted by molar-refractivity contribution is 5.99. The minimum Gasteiger partial charge on any atom is -0.494 e. The Morgan fingerprint density at radius 2 is 1.79 bits per heavy atom. The van der Waals surface area contributed by atoms with Crippen LogP contribution in [0.15, 0.2) is 54.9 Å². The molecule has 0 spiro atoms. The first kappa shape index (κ1) is 21.9. The van der Waals surface area contributed by atoms with Crippen LogP contribution in [0.1, 0.15) is 25.7 Å². The number of fused-ring (bicyclic) bond motifs is 1. The van der Waals surface area contributed by atoms with E-state index in [-0.39, 0.29) is 11.8 Å². The molecule has 1 saturated carbocycles. The first-order valence-corrected chi connectivity index (χ1v) is 11.1.